The average molecular weight is 285 g/mol. The molecule has 1 fully saturated rings. The molecule has 19 heavy (non-hydrogen) atoms. The van der Waals surface area contributed by atoms with Crippen LogP contribution in [-0.2, 0) is 16.9 Å². The monoisotopic (exact) mass is 285 g/mol. The second-order valence-corrected chi connectivity index (χ2v) is 7.65. The first-order valence-electron chi connectivity index (χ1n) is 6.93. The summed E-state index contributed by atoms with van der Waals surface area (Å²) in [6.07, 6.45) is 4.64. The molecular weight excluding hydrogens is 262 g/mol. The molecule has 5 nitrogen and oxygen atoms in total. The summed E-state index contributed by atoms with van der Waals surface area (Å²) in [6.45, 7) is 3.06. The van der Waals surface area contributed by atoms with Gasteiger partial charge in [-0.25, -0.2) is 8.42 Å². The Morgan fingerprint density at radius 3 is 2.89 bits per heavy atom. The number of nitrogens with one attached hydrogen (secondary N) is 1. The zero-order chi connectivity index (χ0) is 13.9. The molecule has 1 aromatic rings. The Morgan fingerprint density at radius 1 is 1.58 bits per heavy atom. The van der Waals surface area contributed by atoms with Crippen molar-refractivity contribution in [2.75, 3.05) is 18.1 Å². The van der Waals surface area contributed by atoms with Crippen molar-refractivity contribution < 1.29 is 8.42 Å². The normalized spacial score (nSPS) is 23.6. The molecule has 0 amide bonds. The summed E-state index contributed by atoms with van der Waals surface area (Å²) in [4.78, 5) is 0. The van der Waals surface area contributed by atoms with Crippen LogP contribution >= 0.6 is 0 Å². The Kier molecular flexibility index (Phi) is 4.62. The lowest BCUT2D eigenvalue weighted by Crippen LogP contribution is -2.25. The molecule has 0 aromatic carbocycles. The van der Waals surface area contributed by atoms with Crippen molar-refractivity contribution in [2.45, 2.75) is 32.2 Å². The van der Waals surface area contributed by atoms with Gasteiger partial charge in [0.05, 0.1) is 23.2 Å². The molecule has 1 aromatic heterocycles. The highest BCUT2D eigenvalue weighted by atomic mass is 32.2. The predicted molar refractivity (Wildman–Crippen MR) is 75.6 cm³/mol. The summed E-state index contributed by atoms with van der Waals surface area (Å²) >= 11 is 0. The first kappa shape index (κ1) is 14.5. The standard InChI is InChI=1S/C13H23N3O2S/c1-3-6-14-13(12-4-7-16(2)15-12)9-11-5-8-19(17,18)10-11/h4,7,11,13-14H,3,5-6,8-10H2,1-2H3. The lowest BCUT2D eigenvalue weighted by Gasteiger charge is -2.19. The van der Waals surface area contributed by atoms with Gasteiger partial charge in [0.2, 0.25) is 0 Å². The fraction of sp³-hybridized carbons (Fsp3) is 0.769. The van der Waals surface area contributed by atoms with Crippen LogP contribution < -0.4 is 5.32 Å². The minimum absolute atomic E-state index is 0.166. The molecule has 108 valence electrons. The quantitative estimate of drug-likeness (QED) is 0.855. The van der Waals surface area contributed by atoms with Crippen LogP contribution in [0.25, 0.3) is 0 Å². The Bertz CT molecular complexity index is 510. The van der Waals surface area contributed by atoms with Crippen LogP contribution in [-0.4, -0.2) is 36.2 Å². The molecule has 0 saturated carbocycles. The number of hydrogen-bond donors (Lipinski definition) is 1. The third kappa shape index (κ3) is 4.04. The van der Waals surface area contributed by atoms with Gasteiger partial charge >= 0.3 is 0 Å². The van der Waals surface area contributed by atoms with E-state index in [2.05, 4.69) is 17.3 Å². The maximum absolute atomic E-state index is 11.5. The molecule has 0 bridgehead atoms. The Balaban J connectivity index is 2.02. The van der Waals surface area contributed by atoms with Gasteiger partial charge in [0, 0.05) is 13.2 Å². The number of nitrogens with zero attached hydrogens (tertiary/aromatic N) is 2. The zero-order valence-electron chi connectivity index (χ0n) is 11.7. The molecular formula is C13H23N3O2S. The summed E-state index contributed by atoms with van der Waals surface area (Å²) in [5.74, 6) is 0.950. The van der Waals surface area contributed by atoms with Gasteiger partial charge in [0.1, 0.15) is 0 Å². The highest BCUT2D eigenvalue weighted by Gasteiger charge is 2.30. The van der Waals surface area contributed by atoms with Crippen LogP contribution in [0.3, 0.4) is 0 Å². The van der Waals surface area contributed by atoms with Gasteiger partial charge in [-0.3, -0.25) is 4.68 Å². The van der Waals surface area contributed by atoms with Gasteiger partial charge < -0.3 is 5.32 Å². The Morgan fingerprint density at radius 2 is 2.37 bits per heavy atom. The van der Waals surface area contributed by atoms with Gasteiger partial charge in [-0.2, -0.15) is 5.10 Å². The zero-order valence-corrected chi connectivity index (χ0v) is 12.5. The minimum atomic E-state index is -2.79. The average Bonchev–Trinajstić information content (AvgIpc) is 2.91. The van der Waals surface area contributed by atoms with E-state index in [1.807, 2.05) is 19.3 Å². The number of aryl methyl sites for hydroxylation is 1. The molecule has 0 spiro atoms. The van der Waals surface area contributed by atoms with E-state index in [1.165, 1.54) is 0 Å². The summed E-state index contributed by atoms with van der Waals surface area (Å²) in [5, 5.41) is 7.93. The fourth-order valence-corrected chi connectivity index (χ4v) is 4.52. The lowest BCUT2D eigenvalue weighted by atomic mass is 9.97. The third-order valence-electron chi connectivity index (χ3n) is 3.63. The molecule has 1 saturated heterocycles. The lowest BCUT2D eigenvalue weighted by molar-refractivity contribution is 0.406. The topological polar surface area (TPSA) is 64.0 Å². The third-order valence-corrected chi connectivity index (χ3v) is 5.46. The van der Waals surface area contributed by atoms with Crippen molar-refractivity contribution in [1.82, 2.24) is 15.1 Å². The van der Waals surface area contributed by atoms with E-state index >= 15 is 0 Å². The summed E-state index contributed by atoms with van der Waals surface area (Å²) < 4.78 is 24.9. The van der Waals surface area contributed by atoms with E-state index in [-0.39, 0.29) is 12.0 Å². The second kappa shape index (κ2) is 6.05. The van der Waals surface area contributed by atoms with Crippen LogP contribution in [0, 0.1) is 5.92 Å². The minimum Gasteiger partial charge on any atom is -0.309 e. The molecule has 6 heteroatoms. The van der Waals surface area contributed by atoms with Gasteiger partial charge in [-0.1, -0.05) is 6.92 Å². The SMILES string of the molecule is CCCNC(CC1CCS(=O)(=O)C1)c1ccn(C)n1. The highest BCUT2D eigenvalue weighted by Crippen LogP contribution is 2.28. The molecule has 0 aliphatic carbocycles. The largest absolute Gasteiger partial charge is 0.309 e. The van der Waals surface area contributed by atoms with Crippen molar-refractivity contribution >= 4 is 9.84 Å². The van der Waals surface area contributed by atoms with Crippen LogP contribution in [0.4, 0.5) is 0 Å². The smallest absolute Gasteiger partial charge is 0.150 e. The first-order chi connectivity index (χ1) is 9.00. The van der Waals surface area contributed by atoms with E-state index in [9.17, 15) is 8.42 Å². The van der Waals surface area contributed by atoms with Crippen molar-refractivity contribution in [2.24, 2.45) is 13.0 Å². The van der Waals surface area contributed by atoms with Crippen molar-refractivity contribution in [3.8, 4) is 0 Å². The highest BCUT2D eigenvalue weighted by molar-refractivity contribution is 7.91. The van der Waals surface area contributed by atoms with Gasteiger partial charge in [0.25, 0.3) is 0 Å². The van der Waals surface area contributed by atoms with Crippen molar-refractivity contribution in [3.63, 3.8) is 0 Å². The predicted octanol–water partition coefficient (Wildman–Crippen LogP) is 1.29. The molecule has 2 unspecified atom stereocenters. The second-order valence-electron chi connectivity index (χ2n) is 5.43. The molecule has 0 radical (unpaired) electrons. The van der Waals surface area contributed by atoms with Crippen LogP contribution in [0.1, 0.15) is 37.9 Å². The van der Waals surface area contributed by atoms with E-state index in [4.69, 9.17) is 0 Å². The number of aromatic nitrogens is 2. The maximum Gasteiger partial charge on any atom is 0.150 e. The van der Waals surface area contributed by atoms with Gasteiger partial charge in [-0.05, 0) is 37.8 Å². The summed E-state index contributed by atoms with van der Waals surface area (Å²) in [5.41, 5.74) is 1.01. The fourth-order valence-electron chi connectivity index (χ4n) is 2.64. The van der Waals surface area contributed by atoms with E-state index in [0.717, 1.165) is 31.5 Å². The molecule has 2 heterocycles. The molecule has 1 aliphatic rings. The van der Waals surface area contributed by atoms with E-state index in [0.29, 0.717) is 11.5 Å². The van der Waals surface area contributed by atoms with Crippen molar-refractivity contribution in [1.29, 1.82) is 0 Å². The molecule has 2 atom stereocenters. The molecule has 2 rings (SSSR count). The molecule has 1 aliphatic heterocycles. The van der Waals surface area contributed by atoms with E-state index < -0.39 is 9.84 Å². The van der Waals surface area contributed by atoms with E-state index in [1.54, 1.807) is 4.68 Å². The van der Waals surface area contributed by atoms with Crippen molar-refractivity contribution in [3.05, 3.63) is 18.0 Å². The molecule has 1 N–H and O–H groups in total. The van der Waals surface area contributed by atoms with Gasteiger partial charge in [-0.15, -0.1) is 0 Å². The Hall–Kier alpha value is -0.880. The number of rotatable bonds is 6. The summed E-state index contributed by atoms with van der Waals surface area (Å²) in [6, 6.07) is 2.18. The first-order valence-corrected chi connectivity index (χ1v) is 8.75. The summed E-state index contributed by atoms with van der Waals surface area (Å²) in [7, 11) is -0.889. The maximum atomic E-state index is 11.5. The van der Waals surface area contributed by atoms with Gasteiger partial charge in [0.15, 0.2) is 9.84 Å². The van der Waals surface area contributed by atoms with Crippen LogP contribution in [0.2, 0.25) is 0 Å². The Labute approximate surface area is 115 Å². The van der Waals surface area contributed by atoms with Crippen LogP contribution in [0.15, 0.2) is 12.3 Å². The number of sulfone groups is 1. The van der Waals surface area contributed by atoms with Crippen LogP contribution in [0.5, 0.6) is 0 Å². The number of hydrogen-bond acceptors (Lipinski definition) is 4.